The Morgan fingerprint density at radius 1 is 0.938 bits per heavy atom. The Bertz CT molecular complexity index is 962. The number of rotatable bonds is 11. The highest BCUT2D eigenvalue weighted by molar-refractivity contribution is 5.75. The van der Waals surface area contributed by atoms with Crippen molar-refractivity contribution in [2.24, 2.45) is 0 Å². The van der Waals surface area contributed by atoms with E-state index in [4.69, 9.17) is 24.7 Å². The van der Waals surface area contributed by atoms with Gasteiger partial charge >= 0.3 is 11.9 Å². The average Bonchev–Trinajstić information content (AvgIpc) is 2.74. The van der Waals surface area contributed by atoms with Crippen LogP contribution in [0.5, 0.6) is 11.5 Å². The summed E-state index contributed by atoms with van der Waals surface area (Å²) >= 11 is 0. The highest BCUT2D eigenvalue weighted by atomic mass is 16.6. The molecule has 0 aliphatic rings. The fourth-order valence-electron chi connectivity index (χ4n) is 2.68. The molecule has 0 atom stereocenters. The van der Waals surface area contributed by atoms with Gasteiger partial charge in [0, 0.05) is 50.8 Å². The third kappa shape index (κ3) is 7.04. The van der Waals surface area contributed by atoms with Crippen LogP contribution in [-0.2, 0) is 19.1 Å². The minimum absolute atomic E-state index is 0.0354. The SMILES string of the molecule is CC(=O)OCCOc1cc(N(C)c2ccc([N+](=O)[O-])cc2)c(OCCOC(C)=O)cc1N. The third-order valence-electron chi connectivity index (χ3n) is 4.19. The number of nitrogen functional groups attached to an aromatic ring is 1. The number of nitro groups is 1. The van der Waals surface area contributed by atoms with Crippen molar-refractivity contribution in [2.45, 2.75) is 13.8 Å². The molecule has 2 aromatic carbocycles. The largest absolute Gasteiger partial charge is 0.488 e. The Labute approximate surface area is 184 Å². The number of benzene rings is 2. The normalized spacial score (nSPS) is 10.2. The molecule has 11 heteroatoms. The quantitative estimate of drug-likeness (QED) is 0.179. The lowest BCUT2D eigenvalue weighted by molar-refractivity contribution is -0.384. The summed E-state index contributed by atoms with van der Waals surface area (Å²) in [5, 5.41) is 10.9. The second kappa shape index (κ2) is 11.4. The molecule has 0 spiro atoms. The van der Waals surface area contributed by atoms with Crippen LogP contribution in [0.25, 0.3) is 0 Å². The Hall–Kier alpha value is -4.02. The maximum atomic E-state index is 11.0. The van der Waals surface area contributed by atoms with Gasteiger partial charge in [0.15, 0.2) is 0 Å². The van der Waals surface area contributed by atoms with Gasteiger partial charge in [0.2, 0.25) is 0 Å². The van der Waals surface area contributed by atoms with Crippen LogP contribution in [0.4, 0.5) is 22.7 Å². The third-order valence-corrected chi connectivity index (χ3v) is 4.19. The minimum Gasteiger partial charge on any atom is -0.488 e. The van der Waals surface area contributed by atoms with Crippen LogP contribution in [-0.4, -0.2) is 50.3 Å². The van der Waals surface area contributed by atoms with Crippen LogP contribution in [0.15, 0.2) is 36.4 Å². The van der Waals surface area contributed by atoms with E-state index in [0.29, 0.717) is 22.9 Å². The first-order chi connectivity index (χ1) is 15.2. The lowest BCUT2D eigenvalue weighted by atomic mass is 10.2. The second-order valence-electron chi connectivity index (χ2n) is 6.57. The van der Waals surface area contributed by atoms with Crippen molar-refractivity contribution in [3.63, 3.8) is 0 Å². The molecule has 0 aromatic heterocycles. The summed E-state index contributed by atoms with van der Waals surface area (Å²) in [5.74, 6) is -0.111. The van der Waals surface area contributed by atoms with Gasteiger partial charge < -0.3 is 29.6 Å². The summed E-state index contributed by atoms with van der Waals surface area (Å²) in [6.45, 7) is 2.89. The minimum atomic E-state index is -0.481. The number of carbonyl (C=O) groups is 2. The molecular formula is C21H25N3O8. The molecule has 172 valence electrons. The highest BCUT2D eigenvalue weighted by Gasteiger charge is 2.17. The molecule has 0 aliphatic heterocycles. The first-order valence-corrected chi connectivity index (χ1v) is 9.63. The van der Waals surface area contributed by atoms with E-state index in [0.717, 1.165) is 0 Å². The molecule has 32 heavy (non-hydrogen) atoms. The predicted octanol–water partition coefficient (Wildman–Crippen LogP) is 2.83. The topological polar surface area (TPSA) is 143 Å². The van der Waals surface area contributed by atoms with Gasteiger partial charge in [0.1, 0.15) is 37.9 Å². The lowest BCUT2D eigenvalue weighted by Gasteiger charge is -2.24. The summed E-state index contributed by atoms with van der Waals surface area (Å²) in [6, 6.07) is 9.18. The van der Waals surface area contributed by atoms with Gasteiger partial charge in [-0.3, -0.25) is 19.7 Å². The Morgan fingerprint density at radius 3 is 1.97 bits per heavy atom. The van der Waals surface area contributed by atoms with E-state index in [9.17, 15) is 19.7 Å². The number of non-ortho nitro benzene ring substituents is 1. The maximum Gasteiger partial charge on any atom is 0.302 e. The predicted molar refractivity (Wildman–Crippen MR) is 116 cm³/mol. The summed E-state index contributed by atoms with van der Waals surface area (Å²) in [7, 11) is 1.74. The van der Waals surface area contributed by atoms with E-state index in [-0.39, 0.29) is 37.8 Å². The van der Waals surface area contributed by atoms with E-state index >= 15 is 0 Å². The van der Waals surface area contributed by atoms with Crippen LogP contribution in [0, 0.1) is 10.1 Å². The number of nitrogens with two attached hydrogens (primary N) is 1. The Kier molecular flexibility index (Phi) is 8.63. The first kappa shape index (κ1) is 24.3. The number of carbonyl (C=O) groups excluding carboxylic acids is 2. The summed E-state index contributed by atoms with van der Waals surface area (Å²) in [5.41, 5.74) is 7.54. The molecule has 2 N–H and O–H groups in total. The van der Waals surface area contributed by atoms with Crippen LogP contribution < -0.4 is 20.1 Å². The van der Waals surface area contributed by atoms with Gasteiger partial charge in [-0.05, 0) is 12.1 Å². The monoisotopic (exact) mass is 447 g/mol. The van der Waals surface area contributed by atoms with Crippen LogP contribution in [0.2, 0.25) is 0 Å². The molecule has 2 rings (SSSR count). The number of anilines is 3. The Balaban J connectivity index is 2.28. The van der Waals surface area contributed by atoms with Gasteiger partial charge in [0.25, 0.3) is 5.69 Å². The number of esters is 2. The average molecular weight is 447 g/mol. The second-order valence-corrected chi connectivity index (χ2v) is 6.57. The van der Waals surface area contributed by atoms with Crippen molar-refractivity contribution in [3.8, 4) is 11.5 Å². The standard InChI is InChI=1S/C21H25N3O8/c1-14(25)29-8-10-31-20-13-19(21(12-18(20)22)32-11-9-30-15(2)26)23(3)16-4-6-17(7-5-16)24(27)28/h4-7,12-13H,8-11,22H2,1-3H3. The molecule has 11 nitrogen and oxygen atoms in total. The molecular weight excluding hydrogens is 422 g/mol. The zero-order valence-electron chi connectivity index (χ0n) is 18.0. The van der Waals surface area contributed by atoms with Crippen molar-refractivity contribution < 1.29 is 33.5 Å². The summed E-state index contributed by atoms with van der Waals surface area (Å²) < 4.78 is 21.1. The molecule has 0 saturated carbocycles. The van der Waals surface area contributed by atoms with Crippen molar-refractivity contribution in [2.75, 3.05) is 44.1 Å². The lowest BCUT2D eigenvalue weighted by Crippen LogP contribution is -2.15. The van der Waals surface area contributed by atoms with E-state index in [2.05, 4.69) is 0 Å². The van der Waals surface area contributed by atoms with Crippen molar-refractivity contribution >= 4 is 34.7 Å². The van der Waals surface area contributed by atoms with Crippen LogP contribution in [0.3, 0.4) is 0 Å². The number of nitro benzene ring substituents is 1. The molecule has 0 saturated heterocycles. The molecule has 0 fully saturated rings. The first-order valence-electron chi connectivity index (χ1n) is 9.63. The van der Waals surface area contributed by atoms with Crippen molar-refractivity contribution in [1.29, 1.82) is 0 Å². The molecule has 0 unspecified atom stereocenters. The van der Waals surface area contributed by atoms with E-state index in [1.807, 2.05) is 0 Å². The molecule has 0 bridgehead atoms. The van der Waals surface area contributed by atoms with Gasteiger partial charge in [-0.25, -0.2) is 0 Å². The smallest absolute Gasteiger partial charge is 0.302 e. The molecule has 0 amide bonds. The molecule has 0 aliphatic carbocycles. The number of nitrogens with zero attached hydrogens (tertiary/aromatic N) is 2. The number of hydrogen-bond donors (Lipinski definition) is 1. The summed E-state index contributed by atoms with van der Waals surface area (Å²) in [4.78, 5) is 34.0. The van der Waals surface area contributed by atoms with Gasteiger partial charge in [-0.2, -0.15) is 0 Å². The zero-order valence-corrected chi connectivity index (χ0v) is 18.0. The Morgan fingerprint density at radius 2 is 1.47 bits per heavy atom. The fourth-order valence-corrected chi connectivity index (χ4v) is 2.68. The molecule has 0 heterocycles. The zero-order chi connectivity index (χ0) is 23.7. The number of ether oxygens (including phenoxy) is 4. The van der Waals surface area contributed by atoms with E-state index < -0.39 is 16.9 Å². The number of hydrogen-bond acceptors (Lipinski definition) is 10. The van der Waals surface area contributed by atoms with E-state index in [1.54, 1.807) is 36.2 Å². The van der Waals surface area contributed by atoms with Crippen LogP contribution in [0.1, 0.15) is 13.8 Å². The maximum absolute atomic E-state index is 11.0. The van der Waals surface area contributed by atoms with E-state index in [1.165, 1.54) is 26.0 Å². The molecule has 0 radical (unpaired) electrons. The van der Waals surface area contributed by atoms with Gasteiger partial charge in [0.05, 0.1) is 16.3 Å². The highest BCUT2D eigenvalue weighted by Crippen LogP contribution is 2.40. The fraction of sp³-hybridized carbons (Fsp3) is 0.333. The van der Waals surface area contributed by atoms with Crippen LogP contribution >= 0.6 is 0 Å². The van der Waals surface area contributed by atoms with Crippen molar-refractivity contribution in [1.82, 2.24) is 0 Å². The van der Waals surface area contributed by atoms with Gasteiger partial charge in [-0.15, -0.1) is 0 Å². The molecule has 2 aromatic rings. The van der Waals surface area contributed by atoms with Gasteiger partial charge in [-0.1, -0.05) is 0 Å². The summed E-state index contributed by atoms with van der Waals surface area (Å²) in [6.07, 6.45) is 0. The van der Waals surface area contributed by atoms with Crippen molar-refractivity contribution in [3.05, 3.63) is 46.5 Å².